The largest absolute Gasteiger partial charge is 0.396 e. The van der Waals surface area contributed by atoms with Crippen LogP contribution in [0.1, 0.15) is 30.8 Å². The number of carbonyl (C=O) groups is 1. The number of hydrogen-bond donors (Lipinski definition) is 3. The van der Waals surface area contributed by atoms with Gasteiger partial charge >= 0.3 is 0 Å². The molecule has 0 bridgehead atoms. The third-order valence-corrected chi connectivity index (χ3v) is 2.32. The van der Waals surface area contributed by atoms with Crippen molar-refractivity contribution in [1.82, 2.24) is 20.3 Å². The van der Waals surface area contributed by atoms with Gasteiger partial charge in [0.15, 0.2) is 5.69 Å². The summed E-state index contributed by atoms with van der Waals surface area (Å²) in [6.07, 6.45) is 2.03. The second-order valence-corrected chi connectivity index (χ2v) is 4.47. The summed E-state index contributed by atoms with van der Waals surface area (Å²) in [5.74, 6) is -0.299. The van der Waals surface area contributed by atoms with Crippen molar-refractivity contribution in [2.24, 2.45) is 5.73 Å². The second kappa shape index (κ2) is 5.74. The summed E-state index contributed by atoms with van der Waals surface area (Å²) >= 11 is 0. The Morgan fingerprint density at radius 3 is 2.94 bits per heavy atom. The highest BCUT2D eigenvalue weighted by molar-refractivity contribution is 5.92. The van der Waals surface area contributed by atoms with E-state index in [2.05, 4.69) is 15.6 Å². The highest BCUT2D eigenvalue weighted by Crippen LogP contribution is 2.08. The molecule has 1 aromatic heterocycles. The summed E-state index contributed by atoms with van der Waals surface area (Å²) < 4.78 is 1.52. The van der Waals surface area contributed by atoms with Crippen LogP contribution in [-0.2, 0) is 6.54 Å². The van der Waals surface area contributed by atoms with Crippen LogP contribution in [-0.4, -0.2) is 44.7 Å². The average Bonchev–Trinajstić information content (AvgIpc) is 2.66. The van der Waals surface area contributed by atoms with Crippen LogP contribution in [0.5, 0.6) is 0 Å². The zero-order valence-corrected chi connectivity index (χ0v) is 10.2. The Balaban J connectivity index is 2.63. The fourth-order valence-electron chi connectivity index (χ4n) is 1.36. The van der Waals surface area contributed by atoms with E-state index in [1.54, 1.807) is 6.20 Å². The van der Waals surface area contributed by atoms with Crippen molar-refractivity contribution in [1.29, 1.82) is 0 Å². The van der Waals surface area contributed by atoms with Gasteiger partial charge in [0, 0.05) is 18.7 Å². The van der Waals surface area contributed by atoms with Gasteiger partial charge in [0.2, 0.25) is 0 Å². The molecule has 1 aromatic rings. The van der Waals surface area contributed by atoms with E-state index < -0.39 is 5.54 Å². The number of aromatic nitrogens is 3. The predicted octanol–water partition coefficient (Wildman–Crippen LogP) is -0.872. The van der Waals surface area contributed by atoms with Crippen LogP contribution >= 0.6 is 0 Å². The number of aliphatic hydroxyl groups excluding tert-OH is 1. The third-order valence-electron chi connectivity index (χ3n) is 2.32. The van der Waals surface area contributed by atoms with E-state index >= 15 is 0 Å². The van der Waals surface area contributed by atoms with E-state index in [-0.39, 0.29) is 18.2 Å². The van der Waals surface area contributed by atoms with Gasteiger partial charge in [0.25, 0.3) is 5.91 Å². The predicted molar refractivity (Wildman–Crippen MR) is 62.3 cm³/mol. The number of hydrogen-bond acceptors (Lipinski definition) is 5. The van der Waals surface area contributed by atoms with E-state index in [1.165, 1.54) is 4.68 Å². The van der Waals surface area contributed by atoms with Gasteiger partial charge < -0.3 is 16.2 Å². The molecule has 96 valence electrons. The van der Waals surface area contributed by atoms with Crippen LogP contribution in [0.2, 0.25) is 0 Å². The van der Waals surface area contributed by atoms with Crippen molar-refractivity contribution in [2.45, 2.75) is 32.4 Å². The molecule has 0 radical (unpaired) electrons. The molecule has 1 amide bonds. The minimum atomic E-state index is -0.469. The van der Waals surface area contributed by atoms with Gasteiger partial charge in [0.05, 0.1) is 12.7 Å². The minimum Gasteiger partial charge on any atom is -0.396 e. The lowest BCUT2D eigenvalue weighted by Crippen LogP contribution is -2.44. The van der Waals surface area contributed by atoms with E-state index in [1.807, 2.05) is 13.8 Å². The van der Waals surface area contributed by atoms with Gasteiger partial charge in [-0.3, -0.25) is 9.48 Å². The normalized spacial score (nSPS) is 11.5. The highest BCUT2D eigenvalue weighted by atomic mass is 16.3. The summed E-state index contributed by atoms with van der Waals surface area (Å²) in [4.78, 5) is 11.8. The van der Waals surface area contributed by atoms with Gasteiger partial charge in [-0.2, -0.15) is 0 Å². The quantitative estimate of drug-likeness (QED) is 0.600. The molecule has 17 heavy (non-hydrogen) atoms. The summed E-state index contributed by atoms with van der Waals surface area (Å²) in [6.45, 7) is 4.67. The highest BCUT2D eigenvalue weighted by Gasteiger charge is 2.22. The van der Waals surface area contributed by atoms with Crippen molar-refractivity contribution in [3.63, 3.8) is 0 Å². The van der Waals surface area contributed by atoms with Crippen LogP contribution < -0.4 is 11.1 Å². The Labute approximate surface area is 100.0 Å². The Morgan fingerprint density at radius 1 is 1.65 bits per heavy atom. The zero-order chi connectivity index (χ0) is 12.9. The van der Waals surface area contributed by atoms with E-state index in [4.69, 9.17) is 10.8 Å². The summed E-state index contributed by atoms with van der Waals surface area (Å²) in [6, 6.07) is 0. The van der Waals surface area contributed by atoms with Crippen molar-refractivity contribution in [3.05, 3.63) is 11.9 Å². The summed E-state index contributed by atoms with van der Waals surface area (Å²) in [7, 11) is 0. The van der Waals surface area contributed by atoms with Crippen LogP contribution in [0, 0.1) is 0 Å². The standard InChI is InChI=1S/C10H19N5O2/c1-10(2,3-6-16)12-9(17)8-7-15(5-4-11)14-13-8/h7,16H,3-6,11H2,1-2H3,(H,12,17). The number of carbonyl (C=O) groups excluding carboxylic acids is 1. The first kappa shape index (κ1) is 13.6. The first-order chi connectivity index (χ1) is 7.98. The molecule has 0 spiro atoms. The molecule has 0 unspecified atom stereocenters. The van der Waals surface area contributed by atoms with Gasteiger partial charge in [-0.1, -0.05) is 5.21 Å². The molecular weight excluding hydrogens is 222 g/mol. The zero-order valence-electron chi connectivity index (χ0n) is 10.2. The molecule has 0 aromatic carbocycles. The van der Waals surface area contributed by atoms with Crippen LogP contribution in [0.4, 0.5) is 0 Å². The van der Waals surface area contributed by atoms with Gasteiger partial charge in [-0.15, -0.1) is 5.10 Å². The van der Waals surface area contributed by atoms with E-state index in [0.29, 0.717) is 19.5 Å². The first-order valence-electron chi connectivity index (χ1n) is 5.52. The Morgan fingerprint density at radius 2 is 2.35 bits per heavy atom. The molecule has 4 N–H and O–H groups in total. The molecule has 7 nitrogen and oxygen atoms in total. The maximum absolute atomic E-state index is 11.8. The molecule has 0 atom stereocenters. The lowest BCUT2D eigenvalue weighted by atomic mass is 10.0. The molecule has 1 heterocycles. The topological polar surface area (TPSA) is 106 Å². The maximum Gasteiger partial charge on any atom is 0.273 e. The average molecular weight is 241 g/mol. The third kappa shape index (κ3) is 4.12. The molecule has 0 aliphatic heterocycles. The van der Waals surface area contributed by atoms with E-state index in [0.717, 1.165) is 0 Å². The maximum atomic E-state index is 11.8. The van der Waals surface area contributed by atoms with Crippen LogP contribution in [0.25, 0.3) is 0 Å². The Hall–Kier alpha value is -1.47. The lowest BCUT2D eigenvalue weighted by molar-refractivity contribution is 0.0894. The number of nitrogens with zero attached hydrogens (tertiary/aromatic N) is 3. The fraction of sp³-hybridized carbons (Fsp3) is 0.700. The number of nitrogens with two attached hydrogens (primary N) is 1. The lowest BCUT2D eigenvalue weighted by Gasteiger charge is -2.24. The molecule has 0 aliphatic carbocycles. The molecule has 1 rings (SSSR count). The summed E-state index contributed by atoms with van der Waals surface area (Å²) in [5, 5.41) is 19.2. The van der Waals surface area contributed by atoms with Crippen LogP contribution in [0.15, 0.2) is 6.20 Å². The molecule has 0 saturated heterocycles. The summed E-state index contributed by atoms with van der Waals surface area (Å²) in [5.41, 5.74) is 5.16. The van der Waals surface area contributed by atoms with E-state index in [9.17, 15) is 4.79 Å². The molecule has 0 saturated carbocycles. The number of rotatable bonds is 6. The smallest absolute Gasteiger partial charge is 0.273 e. The number of aliphatic hydroxyl groups is 1. The molecule has 7 heteroatoms. The molecule has 0 aliphatic rings. The van der Waals surface area contributed by atoms with Gasteiger partial charge in [-0.25, -0.2) is 0 Å². The van der Waals surface area contributed by atoms with Crippen molar-refractivity contribution >= 4 is 5.91 Å². The van der Waals surface area contributed by atoms with Crippen molar-refractivity contribution in [2.75, 3.05) is 13.2 Å². The minimum absolute atomic E-state index is 0.0210. The van der Waals surface area contributed by atoms with Crippen molar-refractivity contribution in [3.8, 4) is 0 Å². The van der Waals surface area contributed by atoms with Crippen molar-refractivity contribution < 1.29 is 9.90 Å². The fourth-order valence-corrected chi connectivity index (χ4v) is 1.36. The first-order valence-corrected chi connectivity index (χ1v) is 5.52. The molecule has 0 fully saturated rings. The SMILES string of the molecule is CC(C)(CCO)NC(=O)c1cn(CCN)nn1. The van der Waals surface area contributed by atoms with Gasteiger partial charge in [-0.05, 0) is 20.3 Å². The monoisotopic (exact) mass is 241 g/mol. The van der Waals surface area contributed by atoms with Crippen LogP contribution in [0.3, 0.4) is 0 Å². The molecular formula is C10H19N5O2. The second-order valence-electron chi connectivity index (χ2n) is 4.47. The number of nitrogens with one attached hydrogen (secondary N) is 1. The van der Waals surface area contributed by atoms with Gasteiger partial charge in [0.1, 0.15) is 0 Å². The number of amides is 1. The Bertz CT molecular complexity index is 375. The Kier molecular flexibility index (Phi) is 4.59.